The molecule has 5 nitrogen and oxygen atoms in total. The SMILES string of the molecule is CC(=O)C(C)n1nnc2sc3c(c2c1=O)CCC(C)C3. The van der Waals surface area contributed by atoms with Crippen LogP contribution in [0.5, 0.6) is 0 Å². The standard InChI is InChI=1S/C14H17N3O2S/c1-7-4-5-10-11(6-7)20-13-12(10)14(19)17(16-15-13)8(2)9(3)18/h7-8H,4-6H2,1-3H3. The van der Waals surface area contributed by atoms with Crippen molar-refractivity contribution in [3.8, 4) is 0 Å². The van der Waals surface area contributed by atoms with Crippen LogP contribution in [0.4, 0.5) is 0 Å². The summed E-state index contributed by atoms with van der Waals surface area (Å²) in [7, 11) is 0. The van der Waals surface area contributed by atoms with Crippen LogP contribution in [-0.2, 0) is 17.6 Å². The molecule has 0 spiro atoms. The second kappa shape index (κ2) is 4.77. The summed E-state index contributed by atoms with van der Waals surface area (Å²) < 4.78 is 1.22. The van der Waals surface area contributed by atoms with Crippen molar-refractivity contribution in [2.24, 2.45) is 5.92 Å². The Morgan fingerprint density at radius 1 is 1.50 bits per heavy atom. The number of thiophene rings is 1. The molecule has 0 amide bonds. The number of rotatable bonds is 2. The minimum Gasteiger partial charge on any atom is -0.298 e. The zero-order valence-electron chi connectivity index (χ0n) is 11.8. The Balaban J connectivity index is 2.23. The number of nitrogens with zero attached hydrogens (tertiary/aromatic N) is 3. The first kappa shape index (κ1) is 13.4. The third-order valence-electron chi connectivity index (χ3n) is 4.10. The van der Waals surface area contributed by atoms with Crippen LogP contribution in [0.25, 0.3) is 10.2 Å². The molecule has 20 heavy (non-hydrogen) atoms. The summed E-state index contributed by atoms with van der Waals surface area (Å²) >= 11 is 1.57. The first-order valence-corrected chi connectivity index (χ1v) is 7.71. The average Bonchev–Trinajstić information content (AvgIpc) is 2.76. The monoisotopic (exact) mass is 291 g/mol. The lowest BCUT2D eigenvalue weighted by Gasteiger charge is -2.17. The Morgan fingerprint density at radius 3 is 2.95 bits per heavy atom. The van der Waals surface area contributed by atoms with Gasteiger partial charge >= 0.3 is 0 Å². The Labute approximate surface area is 120 Å². The van der Waals surface area contributed by atoms with Gasteiger partial charge in [-0.3, -0.25) is 9.59 Å². The molecule has 2 aromatic rings. The molecule has 106 valence electrons. The van der Waals surface area contributed by atoms with Crippen molar-refractivity contribution in [2.45, 2.75) is 46.1 Å². The number of hydrogen-bond donors (Lipinski definition) is 0. The number of carbonyl (C=O) groups excluding carboxylic acids is 1. The number of aromatic nitrogens is 3. The normalized spacial score (nSPS) is 19.9. The van der Waals surface area contributed by atoms with Crippen molar-refractivity contribution < 1.29 is 4.79 Å². The van der Waals surface area contributed by atoms with E-state index < -0.39 is 6.04 Å². The maximum absolute atomic E-state index is 12.6. The van der Waals surface area contributed by atoms with E-state index >= 15 is 0 Å². The van der Waals surface area contributed by atoms with Crippen molar-refractivity contribution >= 4 is 27.3 Å². The van der Waals surface area contributed by atoms with Gasteiger partial charge in [-0.15, -0.1) is 16.4 Å². The molecule has 6 heteroatoms. The van der Waals surface area contributed by atoms with Crippen molar-refractivity contribution in [2.75, 3.05) is 0 Å². The highest BCUT2D eigenvalue weighted by Gasteiger charge is 2.25. The summed E-state index contributed by atoms with van der Waals surface area (Å²) in [6.45, 7) is 5.38. The van der Waals surface area contributed by atoms with E-state index in [1.165, 1.54) is 16.5 Å². The first-order chi connectivity index (χ1) is 9.49. The van der Waals surface area contributed by atoms with Gasteiger partial charge in [0.2, 0.25) is 0 Å². The number of ketones is 1. The van der Waals surface area contributed by atoms with Crippen LogP contribution >= 0.6 is 11.3 Å². The summed E-state index contributed by atoms with van der Waals surface area (Å²) in [5.41, 5.74) is 0.956. The van der Waals surface area contributed by atoms with Crippen LogP contribution in [0, 0.1) is 5.92 Å². The molecule has 2 heterocycles. The summed E-state index contributed by atoms with van der Waals surface area (Å²) in [6, 6.07) is -0.558. The molecule has 0 fully saturated rings. The van der Waals surface area contributed by atoms with Crippen molar-refractivity contribution in [3.05, 3.63) is 20.8 Å². The van der Waals surface area contributed by atoms with Crippen molar-refractivity contribution in [1.82, 2.24) is 15.0 Å². The van der Waals surface area contributed by atoms with Gasteiger partial charge in [0.05, 0.1) is 5.39 Å². The number of carbonyl (C=O) groups is 1. The lowest BCUT2D eigenvalue weighted by atomic mass is 9.89. The predicted molar refractivity (Wildman–Crippen MR) is 78.3 cm³/mol. The molecule has 0 saturated carbocycles. The van der Waals surface area contributed by atoms with E-state index in [1.807, 2.05) is 0 Å². The minimum absolute atomic E-state index is 0.0848. The fourth-order valence-corrected chi connectivity index (χ4v) is 4.02. The molecule has 0 bridgehead atoms. The number of fused-ring (bicyclic) bond motifs is 3. The lowest BCUT2D eigenvalue weighted by Crippen LogP contribution is -2.30. The number of aryl methyl sites for hydroxylation is 1. The third-order valence-corrected chi connectivity index (χ3v) is 5.24. The van der Waals surface area contributed by atoms with E-state index in [0.29, 0.717) is 16.1 Å². The van der Waals surface area contributed by atoms with E-state index in [9.17, 15) is 9.59 Å². The van der Waals surface area contributed by atoms with Gasteiger partial charge in [0, 0.05) is 4.88 Å². The molecular formula is C14H17N3O2S. The van der Waals surface area contributed by atoms with E-state index in [4.69, 9.17) is 0 Å². The molecule has 0 saturated heterocycles. The third kappa shape index (κ3) is 1.98. The zero-order chi connectivity index (χ0) is 14.4. The highest BCUT2D eigenvalue weighted by molar-refractivity contribution is 7.18. The summed E-state index contributed by atoms with van der Waals surface area (Å²) in [5.74, 6) is 0.570. The molecule has 2 atom stereocenters. The van der Waals surface area contributed by atoms with Gasteiger partial charge in [0.1, 0.15) is 6.04 Å². The second-order valence-electron chi connectivity index (χ2n) is 5.66. The molecule has 2 unspecified atom stereocenters. The second-order valence-corrected chi connectivity index (χ2v) is 6.74. The van der Waals surface area contributed by atoms with Crippen LogP contribution in [-0.4, -0.2) is 20.8 Å². The fraction of sp³-hybridized carbons (Fsp3) is 0.571. The summed E-state index contributed by atoms with van der Waals surface area (Å²) in [4.78, 5) is 26.1. The number of Topliss-reactive ketones (excluding diaryl/α,β-unsaturated/α-hetero) is 1. The van der Waals surface area contributed by atoms with Gasteiger partial charge in [0.25, 0.3) is 5.56 Å². The molecule has 0 radical (unpaired) electrons. The zero-order valence-corrected chi connectivity index (χ0v) is 12.7. The minimum atomic E-state index is -0.558. The molecule has 1 aliphatic rings. The van der Waals surface area contributed by atoms with Crippen molar-refractivity contribution in [3.63, 3.8) is 0 Å². The van der Waals surface area contributed by atoms with Crippen LogP contribution in [0.15, 0.2) is 4.79 Å². The maximum Gasteiger partial charge on any atom is 0.279 e. The Bertz CT molecular complexity index is 747. The van der Waals surface area contributed by atoms with E-state index in [2.05, 4.69) is 17.2 Å². The van der Waals surface area contributed by atoms with Gasteiger partial charge in [-0.05, 0) is 44.6 Å². The molecule has 3 rings (SSSR count). The van der Waals surface area contributed by atoms with E-state index in [0.717, 1.165) is 24.8 Å². The van der Waals surface area contributed by atoms with Gasteiger partial charge < -0.3 is 0 Å². The molecule has 0 aliphatic heterocycles. The molecule has 2 aromatic heterocycles. The fourth-order valence-electron chi connectivity index (χ4n) is 2.70. The molecule has 0 N–H and O–H groups in total. The van der Waals surface area contributed by atoms with Crippen LogP contribution < -0.4 is 5.56 Å². The predicted octanol–water partition coefficient (Wildman–Crippen LogP) is 2.13. The quantitative estimate of drug-likeness (QED) is 0.850. The summed E-state index contributed by atoms with van der Waals surface area (Å²) in [6.07, 6.45) is 3.03. The van der Waals surface area contributed by atoms with Crippen LogP contribution in [0.1, 0.15) is 43.7 Å². The first-order valence-electron chi connectivity index (χ1n) is 6.89. The Kier molecular flexibility index (Phi) is 3.20. The van der Waals surface area contributed by atoms with Crippen LogP contribution in [0.2, 0.25) is 0 Å². The maximum atomic E-state index is 12.6. The molecular weight excluding hydrogens is 274 g/mol. The van der Waals surface area contributed by atoms with E-state index in [-0.39, 0.29) is 11.3 Å². The van der Waals surface area contributed by atoms with Gasteiger partial charge in [-0.25, -0.2) is 4.68 Å². The Hall–Kier alpha value is -1.56. The largest absolute Gasteiger partial charge is 0.298 e. The average molecular weight is 291 g/mol. The van der Waals surface area contributed by atoms with Crippen LogP contribution in [0.3, 0.4) is 0 Å². The Morgan fingerprint density at radius 2 is 2.25 bits per heavy atom. The van der Waals surface area contributed by atoms with Gasteiger partial charge in [0.15, 0.2) is 10.6 Å². The van der Waals surface area contributed by atoms with E-state index in [1.54, 1.807) is 18.3 Å². The lowest BCUT2D eigenvalue weighted by molar-refractivity contribution is -0.120. The highest BCUT2D eigenvalue weighted by atomic mass is 32.1. The summed E-state index contributed by atoms with van der Waals surface area (Å²) in [5, 5.41) is 8.77. The van der Waals surface area contributed by atoms with Gasteiger partial charge in [-0.2, -0.15) is 0 Å². The van der Waals surface area contributed by atoms with Crippen molar-refractivity contribution in [1.29, 1.82) is 0 Å². The van der Waals surface area contributed by atoms with Gasteiger partial charge in [-0.1, -0.05) is 12.1 Å². The highest BCUT2D eigenvalue weighted by Crippen LogP contribution is 2.35. The number of hydrogen-bond acceptors (Lipinski definition) is 5. The molecule has 1 aliphatic carbocycles. The topological polar surface area (TPSA) is 64.8 Å². The smallest absolute Gasteiger partial charge is 0.279 e. The molecule has 0 aromatic carbocycles.